The van der Waals surface area contributed by atoms with Crippen LogP contribution >= 0.6 is 0 Å². The van der Waals surface area contributed by atoms with Crippen molar-refractivity contribution in [1.82, 2.24) is 14.8 Å². The Bertz CT molecular complexity index is 760. The molecule has 0 amide bonds. The molecule has 0 fully saturated rings. The van der Waals surface area contributed by atoms with Crippen molar-refractivity contribution in [3.8, 4) is 0 Å². The van der Waals surface area contributed by atoms with Crippen molar-refractivity contribution in [3.05, 3.63) is 59.5 Å². The molecule has 0 spiro atoms. The third-order valence-electron chi connectivity index (χ3n) is 3.85. The number of nitrogens with zero attached hydrogens (tertiary/aromatic N) is 3. The van der Waals surface area contributed by atoms with Crippen molar-refractivity contribution in [1.29, 1.82) is 0 Å². The molecule has 4 nitrogen and oxygen atoms in total. The van der Waals surface area contributed by atoms with Crippen LogP contribution in [0.5, 0.6) is 0 Å². The van der Waals surface area contributed by atoms with Gasteiger partial charge in [-0.15, -0.1) is 0 Å². The highest BCUT2D eigenvalue weighted by molar-refractivity contribution is 5.82. The summed E-state index contributed by atoms with van der Waals surface area (Å²) in [6.07, 6.45) is 2.50. The van der Waals surface area contributed by atoms with E-state index in [9.17, 15) is 0 Å². The summed E-state index contributed by atoms with van der Waals surface area (Å²) >= 11 is 0. The summed E-state index contributed by atoms with van der Waals surface area (Å²) in [4.78, 5) is 4.42. The molecule has 2 heterocycles. The van der Waals surface area contributed by atoms with Crippen molar-refractivity contribution >= 4 is 10.9 Å². The highest BCUT2D eigenvalue weighted by atomic mass is 15.3. The van der Waals surface area contributed by atoms with Gasteiger partial charge in [0.05, 0.1) is 22.9 Å². The SMILES string of the molecule is CCn1nc(CC(N)c2ncccc2C)c2ccccc21. The molecule has 0 aliphatic heterocycles. The number of fused-ring (bicyclic) bond motifs is 1. The number of rotatable bonds is 4. The van der Waals surface area contributed by atoms with Crippen molar-refractivity contribution in [3.63, 3.8) is 0 Å². The third kappa shape index (κ3) is 2.54. The van der Waals surface area contributed by atoms with Crippen molar-refractivity contribution in [2.24, 2.45) is 5.73 Å². The normalized spacial score (nSPS) is 12.7. The Labute approximate surface area is 124 Å². The minimum absolute atomic E-state index is 0.130. The number of aromatic nitrogens is 3. The molecule has 0 aliphatic carbocycles. The Morgan fingerprint density at radius 2 is 2.00 bits per heavy atom. The molecule has 3 aromatic rings. The molecular weight excluding hydrogens is 260 g/mol. The second-order valence-electron chi connectivity index (χ2n) is 5.30. The number of aryl methyl sites for hydroxylation is 2. The van der Waals surface area contributed by atoms with Crippen LogP contribution in [0.2, 0.25) is 0 Å². The van der Waals surface area contributed by atoms with Gasteiger partial charge in [-0.2, -0.15) is 5.10 Å². The van der Waals surface area contributed by atoms with Crippen LogP contribution in [0.4, 0.5) is 0 Å². The van der Waals surface area contributed by atoms with E-state index in [1.807, 2.05) is 35.9 Å². The summed E-state index contributed by atoms with van der Waals surface area (Å²) in [6, 6.07) is 12.2. The number of hydrogen-bond acceptors (Lipinski definition) is 3. The first-order valence-electron chi connectivity index (χ1n) is 7.32. The third-order valence-corrected chi connectivity index (χ3v) is 3.85. The lowest BCUT2D eigenvalue weighted by Gasteiger charge is -2.12. The van der Waals surface area contributed by atoms with Crippen LogP contribution < -0.4 is 5.73 Å². The van der Waals surface area contributed by atoms with Gasteiger partial charge >= 0.3 is 0 Å². The fraction of sp³-hybridized carbons (Fsp3) is 0.294. The molecule has 1 aromatic carbocycles. The monoisotopic (exact) mass is 280 g/mol. The topological polar surface area (TPSA) is 56.7 Å². The largest absolute Gasteiger partial charge is 0.322 e. The first-order chi connectivity index (χ1) is 10.2. The number of pyridine rings is 1. The summed E-state index contributed by atoms with van der Waals surface area (Å²) in [5.74, 6) is 0. The molecule has 0 bridgehead atoms. The van der Waals surface area contributed by atoms with E-state index in [-0.39, 0.29) is 6.04 Å². The zero-order valence-corrected chi connectivity index (χ0v) is 12.5. The van der Waals surface area contributed by atoms with Crippen molar-refractivity contribution in [2.45, 2.75) is 32.9 Å². The highest BCUT2D eigenvalue weighted by Gasteiger charge is 2.16. The second-order valence-corrected chi connectivity index (χ2v) is 5.30. The van der Waals surface area contributed by atoms with E-state index in [0.717, 1.165) is 23.5 Å². The Balaban J connectivity index is 1.97. The standard InChI is InChI=1S/C17H20N4/c1-3-21-16-9-5-4-8-13(16)15(20-21)11-14(18)17-12(2)7-6-10-19-17/h4-10,14H,3,11,18H2,1-2H3. The maximum absolute atomic E-state index is 6.36. The van der Waals surface area contributed by atoms with Gasteiger partial charge in [0.1, 0.15) is 0 Å². The summed E-state index contributed by atoms with van der Waals surface area (Å²) in [7, 11) is 0. The lowest BCUT2D eigenvalue weighted by molar-refractivity contribution is 0.632. The molecular formula is C17H20N4. The van der Waals surface area contributed by atoms with E-state index in [0.29, 0.717) is 6.42 Å². The molecule has 0 radical (unpaired) electrons. The average molecular weight is 280 g/mol. The summed E-state index contributed by atoms with van der Waals surface area (Å²) < 4.78 is 2.03. The van der Waals surface area contributed by atoms with Gasteiger partial charge in [0, 0.05) is 24.5 Å². The minimum atomic E-state index is -0.130. The molecule has 0 saturated carbocycles. The van der Waals surface area contributed by atoms with Crippen LogP contribution in [0.3, 0.4) is 0 Å². The smallest absolute Gasteiger partial charge is 0.0722 e. The Morgan fingerprint density at radius 3 is 2.76 bits per heavy atom. The summed E-state index contributed by atoms with van der Waals surface area (Å²) in [5, 5.41) is 5.90. The van der Waals surface area contributed by atoms with Gasteiger partial charge in [0.2, 0.25) is 0 Å². The lowest BCUT2D eigenvalue weighted by Crippen LogP contribution is -2.16. The van der Waals surface area contributed by atoms with Crippen LogP contribution in [-0.4, -0.2) is 14.8 Å². The van der Waals surface area contributed by atoms with Crippen molar-refractivity contribution < 1.29 is 0 Å². The molecule has 0 saturated heterocycles. The Morgan fingerprint density at radius 1 is 1.19 bits per heavy atom. The van der Waals surface area contributed by atoms with Crippen LogP contribution in [0, 0.1) is 6.92 Å². The molecule has 0 aliphatic rings. The van der Waals surface area contributed by atoms with Crippen LogP contribution in [-0.2, 0) is 13.0 Å². The number of benzene rings is 1. The molecule has 108 valence electrons. The van der Waals surface area contributed by atoms with Gasteiger partial charge in [-0.05, 0) is 31.5 Å². The highest BCUT2D eigenvalue weighted by Crippen LogP contribution is 2.23. The minimum Gasteiger partial charge on any atom is -0.322 e. The van der Waals surface area contributed by atoms with Gasteiger partial charge in [-0.1, -0.05) is 24.3 Å². The van der Waals surface area contributed by atoms with E-state index in [1.54, 1.807) is 6.20 Å². The molecule has 1 atom stereocenters. The Hall–Kier alpha value is -2.20. The van der Waals surface area contributed by atoms with Gasteiger partial charge < -0.3 is 5.73 Å². The van der Waals surface area contributed by atoms with E-state index >= 15 is 0 Å². The maximum Gasteiger partial charge on any atom is 0.0722 e. The van der Waals surface area contributed by atoms with Gasteiger partial charge in [-0.3, -0.25) is 9.67 Å². The quantitative estimate of drug-likeness (QED) is 0.799. The molecule has 3 rings (SSSR count). The van der Waals surface area contributed by atoms with Gasteiger partial charge in [0.15, 0.2) is 0 Å². The van der Waals surface area contributed by atoms with E-state index < -0.39 is 0 Å². The Kier molecular flexibility index (Phi) is 3.71. The summed E-state index contributed by atoms with van der Waals surface area (Å²) in [6.45, 7) is 5.01. The zero-order valence-electron chi connectivity index (χ0n) is 12.5. The molecule has 21 heavy (non-hydrogen) atoms. The van der Waals surface area contributed by atoms with Crippen LogP contribution in [0.15, 0.2) is 42.6 Å². The molecule has 4 heteroatoms. The fourth-order valence-electron chi connectivity index (χ4n) is 2.78. The number of hydrogen-bond donors (Lipinski definition) is 1. The first-order valence-corrected chi connectivity index (χ1v) is 7.32. The van der Waals surface area contributed by atoms with Crippen LogP contribution in [0.1, 0.15) is 29.9 Å². The van der Waals surface area contributed by atoms with Gasteiger partial charge in [0.25, 0.3) is 0 Å². The van der Waals surface area contributed by atoms with Gasteiger partial charge in [-0.25, -0.2) is 0 Å². The number of para-hydroxylation sites is 1. The van der Waals surface area contributed by atoms with Crippen molar-refractivity contribution in [2.75, 3.05) is 0 Å². The zero-order chi connectivity index (χ0) is 14.8. The first kappa shape index (κ1) is 13.8. The summed E-state index contributed by atoms with van der Waals surface area (Å²) in [5.41, 5.74) is 10.7. The van der Waals surface area contributed by atoms with E-state index in [1.165, 1.54) is 10.9 Å². The molecule has 1 unspecified atom stereocenters. The van der Waals surface area contributed by atoms with E-state index in [2.05, 4.69) is 24.0 Å². The van der Waals surface area contributed by atoms with E-state index in [4.69, 9.17) is 10.8 Å². The predicted molar refractivity (Wildman–Crippen MR) is 85.0 cm³/mol. The molecule has 2 N–H and O–H groups in total. The van der Waals surface area contributed by atoms with Crippen LogP contribution in [0.25, 0.3) is 10.9 Å². The molecule has 2 aromatic heterocycles. The predicted octanol–water partition coefficient (Wildman–Crippen LogP) is 3.00. The number of nitrogens with two attached hydrogens (primary N) is 1. The average Bonchev–Trinajstić information content (AvgIpc) is 2.86. The maximum atomic E-state index is 6.36. The lowest BCUT2D eigenvalue weighted by atomic mass is 10.0. The second kappa shape index (κ2) is 5.66. The fourth-order valence-corrected chi connectivity index (χ4v) is 2.78.